The second kappa shape index (κ2) is 6.25. The van der Waals surface area contributed by atoms with Crippen molar-refractivity contribution in [2.75, 3.05) is 26.8 Å². The second-order valence-electron chi connectivity index (χ2n) is 4.54. The van der Waals surface area contributed by atoms with Gasteiger partial charge in [-0.05, 0) is 24.6 Å². The first-order valence-corrected chi connectivity index (χ1v) is 6.43. The van der Waals surface area contributed by atoms with E-state index in [9.17, 15) is 14.4 Å². The van der Waals surface area contributed by atoms with Crippen molar-refractivity contribution < 1.29 is 23.9 Å². The molecule has 1 aromatic carbocycles. The summed E-state index contributed by atoms with van der Waals surface area (Å²) in [4.78, 5) is 35.9. The van der Waals surface area contributed by atoms with Crippen LogP contribution in [0.4, 0.5) is 4.79 Å². The minimum atomic E-state index is -0.638. The number of ether oxygens (including phenoxy) is 2. The summed E-state index contributed by atoms with van der Waals surface area (Å²) in [5.41, 5.74) is 1.18. The summed E-state index contributed by atoms with van der Waals surface area (Å²) in [7, 11) is 1.51. The predicted octanol–water partition coefficient (Wildman–Crippen LogP) is 0.712. The number of rotatable bonds is 4. The maximum Gasteiger partial charge on any atom is 0.338 e. The topological polar surface area (TPSA) is 84.9 Å². The van der Waals surface area contributed by atoms with Crippen LogP contribution in [-0.2, 0) is 9.53 Å². The first-order chi connectivity index (χ1) is 10.0. The summed E-state index contributed by atoms with van der Waals surface area (Å²) >= 11 is 0. The molecule has 0 aliphatic carbocycles. The molecule has 1 aliphatic rings. The number of aryl methyl sites for hydroxylation is 1. The highest BCUT2D eigenvalue weighted by atomic mass is 16.5. The van der Waals surface area contributed by atoms with Gasteiger partial charge in [0.2, 0.25) is 0 Å². The lowest BCUT2D eigenvalue weighted by molar-refractivity contribution is -0.130. The van der Waals surface area contributed by atoms with Gasteiger partial charge in [-0.2, -0.15) is 0 Å². The predicted molar refractivity (Wildman–Crippen MR) is 73.1 cm³/mol. The second-order valence-corrected chi connectivity index (χ2v) is 4.54. The van der Waals surface area contributed by atoms with Crippen molar-refractivity contribution in [3.05, 3.63) is 29.3 Å². The Kier molecular flexibility index (Phi) is 4.42. The van der Waals surface area contributed by atoms with Gasteiger partial charge in [-0.3, -0.25) is 9.69 Å². The van der Waals surface area contributed by atoms with E-state index in [1.807, 2.05) is 6.92 Å². The van der Waals surface area contributed by atoms with E-state index in [0.29, 0.717) is 12.3 Å². The van der Waals surface area contributed by atoms with Crippen molar-refractivity contribution in [3.63, 3.8) is 0 Å². The van der Waals surface area contributed by atoms with Gasteiger partial charge in [-0.1, -0.05) is 6.07 Å². The molecule has 7 nitrogen and oxygen atoms in total. The van der Waals surface area contributed by atoms with Gasteiger partial charge in [-0.15, -0.1) is 0 Å². The molecule has 0 radical (unpaired) electrons. The number of carbonyl (C=O) groups is 3. The highest BCUT2D eigenvalue weighted by Crippen LogP contribution is 2.19. The van der Waals surface area contributed by atoms with Crippen LogP contribution in [-0.4, -0.2) is 49.6 Å². The molecule has 21 heavy (non-hydrogen) atoms. The number of esters is 1. The number of nitrogens with one attached hydrogen (secondary N) is 1. The highest BCUT2D eigenvalue weighted by molar-refractivity contribution is 5.98. The Morgan fingerprint density at radius 3 is 2.76 bits per heavy atom. The summed E-state index contributed by atoms with van der Waals surface area (Å²) < 4.78 is 10.0. The average Bonchev–Trinajstić information content (AvgIpc) is 2.91. The smallest absolute Gasteiger partial charge is 0.338 e. The van der Waals surface area contributed by atoms with E-state index in [1.165, 1.54) is 7.11 Å². The van der Waals surface area contributed by atoms with Crippen molar-refractivity contribution in [2.45, 2.75) is 6.92 Å². The maximum atomic E-state index is 11.9. The molecule has 7 heteroatoms. The molecular weight excluding hydrogens is 276 g/mol. The van der Waals surface area contributed by atoms with Gasteiger partial charge in [0.1, 0.15) is 5.75 Å². The number of carbonyl (C=O) groups excluding carboxylic acids is 3. The number of amides is 3. The highest BCUT2D eigenvalue weighted by Gasteiger charge is 2.26. The Hall–Kier alpha value is -2.57. The van der Waals surface area contributed by atoms with Gasteiger partial charge in [0.25, 0.3) is 5.91 Å². The van der Waals surface area contributed by atoms with E-state index in [4.69, 9.17) is 9.47 Å². The minimum absolute atomic E-state index is 0.285. The van der Waals surface area contributed by atoms with Crippen molar-refractivity contribution in [1.29, 1.82) is 0 Å². The van der Waals surface area contributed by atoms with Gasteiger partial charge in [-0.25, -0.2) is 9.59 Å². The lowest BCUT2D eigenvalue weighted by Crippen LogP contribution is -2.37. The van der Waals surface area contributed by atoms with Crippen molar-refractivity contribution in [1.82, 2.24) is 10.2 Å². The average molecular weight is 292 g/mol. The van der Waals surface area contributed by atoms with Crippen LogP contribution in [0.5, 0.6) is 5.75 Å². The molecule has 1 saturated heterocycles. The molecule has 0 saturated carbocycles. The molecule has 0 spiro atoms. The van der Waals surface area contributed by atoms with E-state index in [0.717, 1.165) is 10.5 Å². The van der Waals surface area contributed by atoms with E-state index in [-0.39, 0.29) is 12.1 Å². The zero-order chi connectivity index (χ0) is 15.4. The van der Waals surface area contributed by atoms with Crippen molar-refractivity contribution >= 4 is 17.9 Å². The van der Waals surface area contributed by atoms with Crippen LogP contribution >= 0.6 is 0 Å². The third-order valence-electron chi connectivity index (χ3n) is 3.13. The van der Waals surface area contributed by atoms with E-state index < -0.39 is 24.5 Å². The molecule has 1 aromatic rings. The number of methoxy groups -OCH3 is 1. The summed E-state index contributed by atoms with van der Waals surface area (Å²) in [5.74, 6) is -0.617. The summed E-state index contributed by atoms with van der Waals surface area (Å²) in [6.07, 6.45) is 0. The lowest BCUT2D eigenvalue weighted by Gasteiger charge is -2.12. The van der Waals surface area contributed by atoms with Crippen LogP contribution in [0.15, 0.2) is 18.2 Å². The maximum absolute atomic E-state index is 11.9. The SMILES string of the molecule is COc1cc(C(=O)OCC(=O)N2CCNC2=O)ccc1C. The quantitative estimate of drug-likeness (QED) is 0.826. The molecule has 0 unspecified atom stereocenters. The fourth-order valence-corrected chi connectivity index (χ4v) is 1.95. The number of imide groups is 1. The number of hydrogen-bond acceptors (Lipinski definition) is 5. The van der Waals surface area contributed by atoms with Gasteiger partial charge in [0, 0.05) is 13.1 Å². The number of urea groups is 1. The molecule has 112 valence electrons. The molecule has 3 amide bonds. The third kappa shape index (κ3) is 3.31. The first-order valence-electron chi connectivity index (χ1n) is 6.43. The van der Waals surface area contributed by atoms with Gasteiger partial charge >= 0.3 is 12.0 Å². The van der Waals surface area contributed by atoms with Crippen LogP contribution in [0.25, 0.3) is 0 Å². The third-order valence-corrected chi connectivity index (χ3v) is 3.13. The summed E-state index contributed by atoms with van der Waals surface area (Å²) in [6, 6.07) is 4.40. The molecule has 1 heterocycles. The van der Waals surface area contributed by atoms with Crippen LogP contribution in [0.3, 0.4) is 0 Å². The van der Waals surface area contributed by atoms with E-state index in [1.54, 1.807) is 18.2 Å². The zero-order valence-electron chi connectivity index (χ0n) is 11.8. The Morgan fingerprint density at radius 2 is 2.14 bits per heavy atom. The Balaban J connectivity index is 1.95. The normalized spacial score (nSPS) is 13.8. The Labute approximate surface area is 121 Å². The van der Waals surface area contributed by atoms with Crippen LogP contribution in [0, 0.1) is 6.92 Å². The van der Waals surface area contributed by atoms with Crippen LogP contribution in [0.2, 0.25) is 0 Å². The molecule has 0 bridgehead atoms. The molecule has 1 aliphatic heterocycles. The van der Waals surface area contributed by atoms with E-state index >= 15 is 0 Å². The van der Waals surface area contributed by atoms with Gasteiger partial charge < -0.3 is 14.8 Å². The Morgan fingerprint density at radius 1 is 1.38 bits per heavy atom. The molecule has 2 rings (SSSR count). The molecular formula is C14H16N2O5. The molecule has 0 atom stereocenters. The van der Waals surface area contributed by atoms with Crippen LogP contribution in [0.1, 0.15) is 15.9 Å². The number of hydrogen-bond donors (Lipinski definition) is 1. The minimum Gasteiger partial charge on any atom is -0.496 e. The zero-order valence-corrected chi connectivity index (χ0v) is 11.8. The summed E-state index contributed by atoms with van der Waals surface area (Å²) in [6.45, 7) is 2.08. The fraction of sp³-hybridized carbons (Fsp3) is 0.357. The number of nitrogens with zero attached hydrogens (tertiary/aromatic N) is 1. The lowest BCUT2D eigenvalue weighted by atomic mass is 10.1. The summed E-state index contributed by atoms with van der Waals surface area (Å²) in [5, 5.41) is 2.50. The van der Waals surface area contributed by atoms with Crippen molar-refractivity contribution in [2.24, 2.45) is 0 Å². The largest absolute Gasteiger partial charge is 0.496 e. The van der Waals surface area contributed by atoms with Crippen molar-refractivity contribution in [3.8, 4) is 5.75 Å². The first kappa shape index (κ1) is 14.8. The Bertz CT molecular complexity index is 585. The van der Waals surface area contributed by atoms with Crippen LogP contribution < -0.4 is 10.1 Å². The monoisotopic (exact) mass is 292 g/mol. The van der Waals surface area contributed by atoms with E-state index in [2.05, 4.69) is 5.32 Å². The molecule has 0 aromatic heterocycles. The molecule has 1 N–H and O–H groups in total. The standard InChI is InChI=1S/C14H16N2O5/c1-9-3-4-10(7-11(9)20-2)13(18)21-8-12(17)16-6-5-15-14(16)19/h3-4,7H,5-6,8H2,1-2H3,(H,15,19). The number of benzene rings is 1. The fourth-order valence-electron chi connectivity index (χ4n) is 1.95. The molecule has 1 fully saturated rings. The van der Waals surface area contributed by atoms with Gasteiger partial charge in [0.05, 0.1) is 12.7 Å². The van der Waals surface area contributed by atoms with Gasteiger partial charge in [0.15, 0.2) is 6.61 Å².